The highest BCUT2D eigenvalue weighted by molar-refractivity contribution is 5.94. The first-order chi connectivity index (χ1) is 11.7. The van der Waals surface area contributed by atoms with Gasteiger partial charge in [0.15, 0.2) is 0 Å². The first-order valence-electron chi connectivity index (χ1n) is 9.48. The van der Waals surface area contributed by atoms with Crippen LogP contribution in [0.3, 0.4) is 0 Å². The van der Waals surface area contributed by atoms with Gasteiger partial charge in [0, 0.05) is 37.4 Å². The van der Waals surface area contributed by atoms with E-state index in [0.29, 0.717) is 0 Å². The van der Waals surface area contributed by atoms with E-state index >= 15 is 0 Å². The lowest BCUT2D eigenvalue weighted by Gasteiger charge is -2.32. The van der Waals surface area contributed by atoms with Crippen molar-refractivity contribution in [3.63, 3.8) is 0 Å². The van der Waals surface area contributed by atoms with Crippen LogP contribution in [0.4, 0.5) is 5.69 Å². The number of nitrogens with one attached hydrogen (secondary N) is 1. The zero-order valence-corrected chi connectivity index (χ0v) is 18.0. The quantitative estimate of drug-likeness (QED) is 0.705. The number of amides is 1. The van der Waals surface area contributed by atoms with Gasteiger partial charge in [0.05, 0.1) is 0 Å². The van der Waals surface area contributed by atoms with Gasteiger partial charge < -0.3 is 15.1 Å². The highest BCUT2D eigenvalue weighted by Crippen LogP contribution is 2.22. The summed E-state index contributed by atoms with van der Waals surface area (Å²) >= 11 is 0. The molecular weight excluding hydrogens is 369 g/mol. The van der Waals surface area contributed by atoms with Crippen molar-refractivity contribution in [1.29, 1.82) is 0 Å². The number of likely N-dealkylation sites (tertiary alicyclic amines) is 1. The lowest BCUT2D eigenvalue weighted by molar-refractivity contribution is 0.0687. The molecule has 0 aromatic heterocycles. The molecule has 1 saturated heterocycles. The summed E-state index contributed by atoms with van der Waals surface area (Å²) in [7, 11) is 2.00. The fourth-order valence-electron chi connectivity index (χ4n) is 3.51. The second-order valence-electron chi connectivity index (χ2n) is 6.75. The molecule has 1 fully saturated rings. The Hall–Kier alpha value is -0.970. The number of carbonyl (C=O) groups is 1. The topological polar surface area (TPSA) is 35.6 Å². The number of nitrogens with zero attached hydrogens (tertiary/aromatic N) is 2. The van der Waals surface area contributed by atoms with Crippen molar-refractivity contribution in [3.8, 4) is 0 Å². The van der Waals surface area contributed by atoms with Crippen LogP contribution < -0.4 is 10.2 Å². The lowest BCUT2D eigenvalue weighted by Crippen LogP contribution is -2.39. The van der Waals surface area contributed by atoms with Gasteiger partial charge in [0.1, 0.15) is 0 Å². The minimum atomic E-state index is 0. The molecule has 1 amide bonds. The third-order valence-corrected chi connectivity index (χ3v) is 5.06. The van der Waals surface area contributed by atoms with Crippen LogP contribution in [0.2, 0.25) is 0 Å². The molecule has 0 aliphatic carbocycles. The number of hydrogen-bond acceptors (Lipinski definition) is 3. The molecule has 0 radical (unpaired) electrons. The molecule has 1 aliphatic heterocycles. The number of hydrogen-bond donors (Lipinski definition) is 1. The maximum absolute atomic E-state index is 12.7. The number of rotatable bonds is 8. The van der Waals surface area contributed by atoms with Crippen molar-refractivity contribution >= 4 is 36.4 Å². The summed E-state index contributed by atoms with van der Waals surface area (Å²) in [5, 5.41) is 3.22. The van der Waals surface area contributed by atoms with Crippen molar-refractivity contribution in [2.45, 2.75) is 39.5 Å². The summed E-state index contributed by atoms with van der Waals surface area (Å²) in [6, 6.07) is 8.16. The van der Waals surface area contributed by atoms with Crippen molar-refractivity contribution in [1.82, 2.24) is 10.2 Å². The van der Waals surface area contributed by atoms with Gasteiger partial charge in [0.2, 0.25) is 0 Å². The van der Waals surface area contributed by atoms with Crippen LogP contribution in [-0.2, 0) is 0 Å². The predicted molar refractivity (Wildman–Crippen MR) is 116 cm³/mol. The fourth-order valence-corrected chi connectivity index (χ4v) is 3.51. The standard InChI is InChI=1S/C20H33N3O.2ClH/c1-4-14-22(5-2)19-8-6-18(7-9-19)20(24)23-15-11-17(12-16-23)10-13-21-3;;/h6-9,17,21H,4-5,10-16H2,1-3H3;2*1H. The van der Waals surface area contributed by atoms with E-state index in [0.717, 1.165) is 63.5 Å². The number of halogens is 2. The van der Waals surface area contributed by atoms with Gasteiger partial charge in [-0.2, -0.15) is 0 Å². The maximum Gasteiger partial charge on any atom is 0.253 e. The Kier molecular flexibility index (Phi) is 12.7. The van der Waals surface area contributed by atoms with Crippen LogP contribution in [0.15, 0.2) is 24.3 Å². The average molecular weight is 404 g/mol. The highest BCUT2D eigenvalue weighted by Gasteiger charge is 2.23. The van der Waals surface area contributed by atoms with Crippen molar-refractivity contribution in [2.24, 2.45) is 5.92 Å². The van der Waals surface area contributed by atoms with E-state index in [4.69, 9.17) is 0 Å². The van der Waals surface area contributed by atoms with Crippen LogP contribution in [0.5, 0.6) is 0 Å². The van der Waals surface area contributed by atoms with Crippen molar-refractivity contribution < 1.29 is 4.79 Å². The molecule has 1 aliphatic rings. The van der Waals surface area contributed by atoms with E-state index in [1.165, 1.54) is 12.1 Å². The molecule has 0 saturated carbocycles. The zero-order chi connectivity index (χ0) is 17.4. The average Bonchev–Trinajstić information content (AvgIpc) is 2.64. The molecule has 0 spiro atoms. The monoisotopic (exact) mass is 403 g/mol. The Balaban J connectivity index is 0.00000312. The molecule has 0 bridgehead atoms. The normalized spacial score (nSPS) is 14.3. The Labute approximate surface area is 171 Å². The van der Waals surface area contributed by atoms with Crippen LogP contribution in [0.1, 0.15) is 49.9 Å². The molecule has 26 heavy (non-hydrogen) atoms. The van der Waals surface area contributed by atoms with Gasteiger partial charge >= 0.3 is 0 Å². The summed E-state index contributed by atoms with van der Waals surface area (Å²) < 4.78 is 0. The Morgan fingerprint density at radius 3 is 2.27 bits per heavy atom. The minimum Gasteiger partial charge on any atom is -0.372 e. The molecular formula is C20H35Cl2N3O. The van der Waals surface area contributed by atoms with Crippen LogP contribution in [-0.4, -0.2) is 50.6 Å². The second-order valence-corrected chi connectivity index (χ2v) is 6.75. The van der Waals surface area contributed by atoms with Crippen molar-refractivity contribution in [3.05, 3.63) is 29.8 Å². The van der Waals surface area contributed by atoms with E-state index in [1.807, 2.05) is 24.1 Å². The van der Waals surface area contributed by atoms with Gasteiger partial charge in [-0.1, -0.05) is 6.92 Å². The molecule has 150 valence electrons. The second kappa shape index (κ2) is 13.2. The molecule has 0 atom stereocenters. The molecule has 1 N–H and O–H groups in total. The smallest absolute Gasteiger partial charge is 0.253 e. The molecule has 0 unspecified atom stereocenters. The molecule has 1 heterocycles. The summed E-state index contributed by atoms with van der Waals surface area (Å²) in [6.07, 6.45) is 4.62. The van der Waals surface area contributed by atoms with Crippen molar-refractivity contribution in [2.75, 3.05) is 44.7 Å². The molecule has 1 aromatic rings. The zero-order valence-electron chi connectivity index (χ0n) is 16.4. The Morgan fingerprint density at radius 1 is 1.15 bits per heavy atom. The number of anilines is 1. The largest absolute Gasteiger partial charge is 0.372 e. The van der Waals surface area contributed by atoms with Gasteiger partial charge in [-0.25, -0.2) is 0 Å². The third-order valence-electron chi connectivity index (χ3n) is 5.06. The first-order valence-corrected chi connectivity index (χ1v) is 9.48. The number of benzene rings is 1. The first kappa shape index (κ1) is 25.0. The Bertz CT molecular complexity index is 502. The van der Waals surface area contributed by atoms with Crippen LogP contribution >= 0.6 is 24.8 Å². The number of carbonyl (C=O) groups excluding carboxylic acids is 1. The predicted octanol–water partition coefficient (Wildman–Crippen LogP) is 4.23. The molecule has 2 rings (SSSR count). The molecule has 4 nitrogen and oxygen atoms in total. The summed E-state index contributed by atoms with van der Waals surface area (Å²) in [6.45, 7) is 9.29. The van der Waals surface area contributed by atoms with E-state index in [1.54, 1.807) is 0 Å². The summed E-state index contributed by atoms with van der Waals surface area (Å²) in [5.74, 6) is 0.947. The number of piperidine rings is 1. The minimum absolute atomic E-state index is 0. The lowest BCUT2D eigenvalue weighted by atomic mass is 9.93. The Morgan fingerprint density at radius 2 is 1.77 bits per heavy atom. The van der Waals surface area contributed by atoms with E-state index in [-0.39, 0.29) is 30.7 Å². The third kappa shape index (κ3) is 6.98. The van der Waals surface area contributed by atoms with Gasteiger partial charge in [-0.15, -0.1) is 24.8 Å². The van der Waals surface area contributed by atoms with E-state index in [2.05, 4.69) is 36.2 Å². The summed E-state index contributed by atoms with van der Waals surface area (Å²) in [4.78, 5) is 17.1. The van der Waals surface area contributed by atoms with Crippen LogP contribution in [0.25, 0.3) is 0 Å². The maximum atomic E-state index is 12.7. The fraction of sp³-hybridized carbons (Fsp3) is 0.650. The van der Waals surface area contributed by atoms with Gasteiger partial charge in [-0.3, -0.25) is 4.79 Å². The van der Waals surface area contributed by atoms with E-state index in [9.17, 15) is 4.79 Å². The van der Waals surface area contributed by atoms with E-state index < -0.39 is 0 Å². The molecule has 1 aromatic carbocycles. The highest BCUT2D eigenvalue weighted by atomic mass is 35.5. The van der Waals surface area contributed by atoms with Gasteiger partial charge in [0.25, 0.3) is 5.91 Å². The SMILES string of the molecule is CCCN(CC)c1ccc(C(=O)N2CCC(CCNC)CC2)cc1.Cl.Cl. The van der Waals surface area contributed by atoms with Crippen LogP contribution in [0, 0.1) is 5.92 Å². The van der Waals surface area contributed by atoms with Gasteiger partial charge in [-0.05, 0) is 76.4 Å². The summed E-state index contributed by atoms with van der Waals surface area (Å²) in [5.41, 5.74) is 2.03. The molecule has 6 heteroatoms.